The number of anilines is 1. The number of carbonyl (C=O) groups excluding carboxylic acids is 1. The van der Waals surface area contributed by atoms with Crippen molar-refractivity contribution in [3.8, 4) is 0 Å². The Kier molecular flexibility index (Phi) is 5.14. The molecule has 1 fully saturated rings. The third-order valence-electron chi connectivity index (χ3n) is 4.65. The largest absolute Gasteiger partial charge is 0.368 e. The number of piperazine rings is 1. The van der Waals surface area contributed by atoms with Crippen LogP contribution in [0, 0.1) is 5.82 Å². The molecule has 0 saturated carbocycles. The molecular formula is C20H23FN2O. The highest BCUT2D eigenvalue weighted by molar-refractivity contribution is 5.79. The van der Waals surface area contributed by atoms with Gasteiger partial charge in [-0.15, -0.1) is 0 Å². The molecule has 0 aliphatic carbocycles. The molecule has 1 saturated heterocycles. The number of para-hydroxylation sites is 1. The third kappa shape index (κ3) is 3.58. The summed E-state index contributed by atoms with van der Waals surface area (Å²) in [7, 11) is 0. The zero-order chi connectivity index (χ0) is 16.9. The van der Waals surface area contributed by atoms with Gasteiger partial charge in [0, 0.05) is 31.9 Å². The van der Waals surface area contributed by atoms with Crippen LogP contribution >= 0.6 is 0 Å². The highest BCUT2D eigenvalue weighted by atomic mass is 19.1. The van der Waals surface area contributed by atoms with Crippen molar-refractivity contribution in [3.63, 3.8) is 0 Å². The minimum absolute atomic E-state index is 0.00327. The minimum atomic E-state index is -0.304. The number of carbonyl (C=O) groups is 1. The molecule has 4 heteroatoms. The van der Waals surface area contributed by atoms with Crippen molar-refractivity contribution in [2.45, 2.75) is 19.8 Å². The molecule has 1 aliphatic rings. The normalized spacial score (nSPS) is 14.8. The summed E-state index contributed by atoms with van der Waals surface area (Å²) in [5, 5.41) is 0. The molecule has 0 bridgehead atoms. The fraction of sp³-hybridized carbons (Fsp3) is 0.350. The molecule has 0 radical (unpaired) electrons. The summed E-state index contributed by atoms with van der Waals surface area (Å²) in [4.78, 5) is 16.6. The maximum atomic E-state index is 13.7. The Balaban J connectivity index is 1.61. The van der Waals surface area contributed by atoms with E-state index in [1.54, 1.807) is 18.2 Å². The Morgan fingerprint density at radius 1 is 0.958 bits per heavy atom. The van der Waals surface area contributed by atoms with E-state index in [0.717, 1.165) is 19.5 Å². The number of benzene rings is 2. The topological polar surface area (TPSA) is 23.6 Å². The number of nitrogens with zero attached hydrogens (tertiary/aromatic N) is 2. The van der Waals surface area contributed by atoms with Crippen molar-refractivity contribution in [2.24, 2.45) is 0 Å². The predicted molar refractivity (Wildman–Crippen MR) is 94.7 cm³/mol. The van der Waals surface area contributed by atoms with Crippen LogP contribution in [-0.2, 0) is 17.6 Å². The number of hydrogen-bond donors (Lipinski definition) is 0. The SMILES string of the molecule is CCc1ccccc1N1CCN(C(=O)Cc2ccccc2F)CC1. The van der Waals surface area contributed by atoms with Gasteiger partial charge in [-0.05, 0) is 29.7 Å². The summed E-state index contributed by atoms with van der Waals surface area (Å²) in [5.74, 6) is -0.301. The second-order valence-electron chi connectivity index (χ2n) is 6.12. The maximum Gasteiger partial charge on any atom is 0.227 e. The zero-order valence-corrected chi connectivity index (χ0v) is 14.0. The minimum Gasteiger partial charge on any atom is -0.368 e. The Labute approximate surface area is 142 Å². The van der Waals surface area contributed by atoms with Gasteiger partial charge in [0.25, 0.3) is 0 Å². The average molecular weight is 326 g/mol. The van der Waals surface area contributed by atoms with Gasteiger partial charge < -0.3 is 9.80 Å². The van der Waals surface area contributed by atoms with E-state index in [1.165, 1.54) is 17.3 Å². The van der Waals surface area contributed by atoms with E-state index in [2.05, 4.69) is 36.1 Å². The molecule has 0 atom stereocenters. The maximum absolute atomic E-state index is 13.7. The van der Waals surface area contributed by atoms with E-state index in [-0.39, 0.29) is 18.1 Å². The molecular weight excluding hydrogens is 303 g/mol. The second kappa shape index (κ2) is 7.47. The summed E-state index contributed by atoms with van der Waals surface area (Å²) in [6.45, 7) is 5.17. The lowest BCUT2D eigenvalue weighted by molar-refractivity contribution is -0.130. The van der Waals surface area contributed by atoms with Crippen LogP contribution in [0.5, 0.6) is 0 Å². The fourth-order valence-corrected chi connectivity index (χ4v) is 3.23. The molecule has 3 rings (SSSR count). The summed E-state index contributed by atoms with van der Waals surface area (Å²) in [6, 6.07) is 14.9. The van der Waals surface area contributed by atoms with Crippen LogP contribution in [0.25, 0.3) is 0 Å². The van der Waals surface area contributed by atoms with E-state index in [9.17, 15) is 9.18 Å². The molecule has 1 amide bonds. The molecule has 1 aliphatic heterocycles. The zero-order valence-electron chi connectivity index (χ0n) is 14.0. The average Bonchev–Trinajstić information content (AvgIpc) is 2.63. The highest BCUT2D eigenvalue weighted by Gasteiger charge is 2.22. The van der Waals surface area contributed by atoms with Crippen LogP contribution in [0.2, 0.25) is 0 Å². The number of aryl methyl sites for hydroxylation is 1. The number of amides is 1. The lowest BCUT2D eigenvalue weighted by Crippen LogP contribution is -2.49. The standard InChI is InChI=1S/C20H23FN2O/c1-2-16-7-4-6-10-19(16)22-11-13-23(14-12-22)20(24)15-17-8-3-5-9-18(17)21/h3-10H,2,11-15H2,1H3. The predicted octanol–water partition coefficient (Wildman–Crippen LogP) is 3.28. The van der Waals surface area contributed by atoms with Gasteiger partial charge in [0.15, 0.2) is 0 Å². The van der Waals surface area contributed by atoms with Gasteiger partial charge in [0.2, 0.25) is 5.91 Å². The monoisotopic (exact) mass is 326 g/mol. The Bertz CT molecular complexity index is 708. The first-order valence-corrected chi connectivity index (χ1v) is 8.53. The quantitative estimate of drug-likeness (QED) is 0.861. The molecule has 0 aromatic heterocycles. The second-order valence-corrected chi connectivity index (χ2v) is 6.12. The molecule has 126 valence electrons. The van der Waals surface area contributed by atoms with Gasteiger partial charge >= 0.3 is 0 Å². The number of hydrogen-bond acceptors (Lipinski definition) is 2. The van der Waals surface area contributed by atoms with Crippen LogP contribution in [-0.4, -0.2) is 37.0 Å². The first kappa shape index (κ1) is 16.5. The number of halogens is 1. The van der Waals surface area contributed by atoms with Crippen LogP contribution in [0.15, 0.2) is 48.5 Å². The molecule has 3 nitrogen and oxygen atoms in total. The van der Waals surface area contributed by atoms with Crippen molar-refractivity contribution < 1.29 is 9.18 Å². The van der Waals surface area contributed by atoms with Gasteiger partial charge in [0.1, 0.15) is 5.82 Å². The van der Waals surface area contributed by atoms with Crippen molar-refractivity contribution in [3.05, 3.63) is 65.5 Å². The summed E-state index contributed by atoms with van der Waals surface area (Å²) < 4.78 is 13.7. The molecule has 24 heavy (non-hydrogen) atoms. The van der Waals surface area contributed by atoms with Gasteiger partial charge in [-0.1, -0.05) is 43.3 Å². The van der Waals surface area contributed by atoms with E-state index < -0.39 is 0 Å². The van der Waals surface area contributed by atoms with Crippen LogP contribution in [0.1, 0.15) is 18.1 Å². The smallest absolute Gasteiger partial charge is 0.227 e. The Morgan fingerprint density at radius 2 is 1.58 bits per heavy atom. The van der Waals surface area contributed by atoms with E-state index in [0.29, 0.717) is 18.7 Å². The molecule has 0 spiro atoms. The first-order valence-electron chi connectivity index (χ1n) is 8.53. The lowest BCUT2D eigenvalue weighted by atomic mass is 10.1. The van der Waals surface area contributed by atoms with Crippen LogP contribution in [0.3, 0.4) is 0 Å². The molecule has 0 unspecified atom stereocenters. The lowest BCUT2D eigenvalue weighted by Gasteiger charge is -2.37. The Morgan fingerprint density at radius 3 is 2.25 bits per heavy atom. The first-order chi connectivity index (χ1) is 11.7. The van der Waals surface area contributed by atoms with Gasteiger partial charge in [-0.2, -0.15) is 0 Å². The highest BCUT2D eigenvalue weighted by Crippen LogP contribution is 2.22. The van der Waals surface area contributed by atoms with Crippen LogP contribution < -0.4 is 4.90 Å². The molecule has 2 aromatic carbocycles. The van der Waals surface area contributed by atoms with Gasteiger partial charge in [-0.3, -0.25) is 4.79 Å². The van der Waals surface area contributed by atoms with Gasteiger partial charge in [0.05, 0.1) is 6.42 Å². The molecule has 1 heterocycles. The van der Waals surface area contributed by atoms with E-state index in [1.807, 2.05) is 4.90 Å². The molecule has 0 N–H and O–H groups in total. The van der Waals surface area contributed by atoms with Gasteiger partial charge in [-0.25, -0.2) is 4.39 Å². The van der Waals surface area contributed by atoms with E-state index in [4.69, 9.17) is 0 Å². The summed E-state index contributed by atoms with van der Waals surface area (Å²) in [6.07, 6.45) is 1.14. The van der Waals surface area contributed by atoms with Crippen molar-refractivity contribution in [1.29, 1.82) is 0 Å². The summed E-state index contributed by atoms with van der Waals surface area (Å²) >= 11 is 0. The molecule has 2 aromatic rings. The fourth-order valence-electron chi connectivity index (χ4n) is 3.23. The van der Waals surface area contributed by atoms with Crippen LogP contribution in [0.4, 0.5) is 10.1 Å². The van der Waals surface area contributed by atoms with E-state index >= 15 is 0 Å². The van der Waals surface area contributed by atoms with Crippen molar-refractivity contribution >= 4 is 11.6 Å². The van der Waals surface area contributed by atoms with Crippen molar-refractivity contribution in [1.82, 2.24) is 4.90 Å². The number of rotatable bonds is 4. The third-order valence-corrected chi connectivity index (χ3v) is 4.65. The van der Waals surface area contributed by atoms with Crippen molar-refractivity contribution in [2.75, 3.05) is 31.1 Å². The summed E-state index contributed by atoms with van der Waals surface area (Å²) in [5.41, 5.74) is 3.08. The Hall–Kier alpha value is -2.36.